The summed E-state index contributed by atoms with van der Waals surface area (Å²) >= 11 is 12.1. The van der Waals surface area contributed by atoms with Crippen molar-refractivity contribution in [3.8, 4) is 34.8 Å². The summed E-state index contributed by atoms with van der Waals surface area (Å²) in [6.45, 7) is 1.84. The fourth-order valence-corrected chi connectivity index (χ4v) is 3.45. The normalized spacial score (nSPS) is 10.7. The van der Waals surface area contributed by atoms with Gasteiger partial charge in [0.05, 0.1) is 23.1 Å². The summed E-state index contributed by atoms with van der Waals surface area (Å²) in [4.78, 5) is 0. The maximum absolute atomic E-state index is 15.2. The molecule has 9 heteroatoms. The van der Waals surface area contributed by atoms with Gasteiger partial charge in [-0.2, -0.15) is 5.26 Å². The quantitative estimate of drug-likeness (QED) is 0.360. The first-order valence-electron chi connectivity index (χ1n) is 9.32. The molecule has 0 saturated carbocycles. The van der Waals surface area contributed by atoms with Crippen molar-refractivity contribution in [1.29, 1.82) is 5.26 Å². The van der Waals surface area contributed by atoms with Crippen LogP contribution in [-0.4, -0.2) is 15.3 Å². The summed E-state index contributed by atoms with van der Waals surface area (Å²) in [6.07, 6.45) is -0.0107. The second kappa shape index (κ2) is 8.87. The Balaban J connectivity index is 1.63. The van der Waals surface area contributed by atoms with E-state index >= 15 is 4.39 Å². The van der Waals surface area contributed by atoms with Gasteiger partial charge in [0.2, 0.25) is 11.8 Å². The van der Waals surface area contributed by atoms with Crippen molar-refractivity contribution in [1.82, 2.24) is 10.2 Å². The fraction of sp³-hybridized carbons (Fsp3) is 0.0870. The molecule has 4 aromatic rings. The van der Waals surface area contributed by atoms with Gasteiger partial charge in [0, 0.05) is 16.1 Å². The molecular weight excluding hydrogens is 456 g/mol. The van der Waals surface area contributed by atoms with Crippen LogP contribution in [0.5, 0.6) is 17.2 Å². The highest BCUT2D eigenvalue weighted by atomic mass is 35.5. The van der Waals surface area contributed by atoms with E-state index < -0.39 is 5.82 Å². The van der Waals surface area contributed by atoms with Crippen molar-refractivity contribution in [2.45, 2.75) is 13.3 Å². The lowest BCUT2D eigenvalue weighted by Gasteiger charge is -2.12. The van der Waals surface area contributed by atoms with Crippen LogP contribution in [0, 0.1) is 24.1 Å². The average molecular weight is 470 g/mol. The molecule has 160 valence electrons. The fourth-order valence-electron chi connectivity index (χ4n) is 3.04. The Morgan fingerprint density at radius 1 is 1.12 bits per heavy atom. The summed E-state index contributed by atoms with van der Waals surface area (Å²) in [7, 11) is 0. The zero-order valence-electron chi connectivity index (χ0n) is 16.6. The number of hydrogen-bond acceptors (Lipinski definition) is 6. The van der Waals surface area contributed by atoms with Crippen LogP contribution in [0.15, 0.2) is 52.9 Å². The highest BCUT2D eigenvalue weighted by Crippen LogP contribution is 2.36. The molecule has 0 aliphatic heterocycles. The first-order valence-corrected chi connectivity index (χ1v) is 10.1. The standard InChI is InChI=1S/C23H14Cl2FN3O3/c1-12-2-4-16(30)10-18(12)23-29-28-20(32-23)8-14-3-5-19(25)22(21(14)26)31-17-7-13(11-27)6-15(24)9-17/h2-7,9-10,30H,8H2,1H3. The van der Waals surface area contributed by atoms with Crippen molar-refractivity contribution in [2.24, 2.45) is 0 Å². The number of aromatic hydroxyl groups is 1. The smallest absolute Gasteiger partial charge is 0.248 e. The molecule has 1 heterocycles. The van der Waals surface area contributed by atoms with Crippen molar-refractivity contribution < 1.29 is 18.7 Å². The Bertz CT molecular complexity index is 1370. The third-order valence-corrected chi connectivity index (χ3v) is 5.13. The van der Waals surface area contributed by atoms with E-state index in [0.717, 1.165) is 5.56 Å². The Labute approximate surface area is 192 Å². The van der Waals surface area contributed by atoms with Crippen LogP contribution in [0.4, 0.5) is 4.39 Å². The summed E-state index contributed by atoms with van der Waals surface area (Å²) in [6, 6.07) is 14.1. The first-order chi connectivity index (χ1) is 15.3. The number of nitriles is 1. The van der Waals surface area contributed by atoms with Crippen LogP contribution in [0.25, 0.3) is 11.5 Å². The summed E-state index contributed by atoms with van der Waals surface area (Å²) in [5.41, 5.74) is 1.90. The Morgan fingerprint density at radius 2 is 1.94 bits per heavy atom. The zero-order valence-corrected chi connectivity index (χ0v) is 18.1. The molecule has 0 amide bonds. The van der Waals surface area contributed by atoms with E-state index in [1.54, 1.807) is 12.1 Å². The minimum atomic E-state index is -0.704. The number of phenolic OH excluding ortho intramolecular Hbond substituents is 1. The van der Waals surface area contributed by atoms with Crippen LogP contribution < -0.4 is 4.74 Å². The van der Waals surface area contributed by atoms with E-state index in [1.165, 1.54) is 36.4 Å². The number of hydrogen-bond donors (Lipinski definition) is 1. The number of rotatable bonds is 5. The van der Waals surface area contributed by atoms with Gasteiger partial charge < -0.3 is 14.3 Å². The predicted octanol–water partition coefficient (Wildman–Crippen LogP) is 6.45. The van der Waals surface area contributed by atoms with E-state index in [0.29, 0.717) is 5.56 Å². The molecule has 0 saturated heterocycles. The summed E-state index contributed by atoms with van der Waals surface area (Å²) in [5.74, 6) is -0.294. The van der Waals surface area contributed by atoms with Gasteiger partial charge in [-0.05, 0) is 48.9 Å². The van der Waals surface area contributed by atoms with Gasteiger partial charge >= 0.3 is 0 Å². The number of halogens is 3. The molecule has 0 atom stereocenters. The summed E-state index contributed by atoms with van der Waals surface area (Å²) in [5, 5.41) is 27.1. The Kier molecular flexibility index (Phi) is 5.99. The minimum Gasteiger partial charge on any atom is -0.508 e. The minimum absolute atomic E-state index is 0.0107. The third-order valence-electron chi connectivity index (χ3n) is 4.61. The van der Waals surface area contributed by atoms with Gasteiger partial charge in [-0.25, -0.2) is 4.39 Å². The second-order valence-electron chi connectivity index (χ2n) is 6.92. The van der Waals surface area contributed by atoms with Gasteiger partial charge in [0.25, 0.3) is 0 Å². The van der Waals surface area contributed by atoms with E-state index in [2.05, 4.69) is 10.2 Å². The molecule has 4 rings (SSSR count). The molecule has 1 aromatic heterocycles. The number of ether oxygens (including phenoxy) is 1. The SMILES string of the molecule is Cc1ccc(O)cc1-c1nnc(Cc2ccc(Cl)c(Oc3cc(Cl)cc(C#N)c3)c2F)o1. The van der Waals surface area contributed by atoms with Gasteiger partial charge in [-0.1, -0.05) is 35.3 Å². The first kappa shape index (κ1) is 21.6. The molecule has 32 heavy (non-hydrogen) atoms. The monoisotopic (exact) mass is 469 g/mol. The third kappa shape index (κ3) is 4.52. The maximum atomic E-state index is 15.2. The molecule has 0 spiro atoms. The molecular formula is C23H14Cl2FN3O3. The van der Waals surface area contributed by atoms with Crippen molar-refractivity contribution in [2.75, 3.05) is 0 Å². The van der Waals surface area contributed by atoms with Crippen molar-refractivity contribution >= 4 is 23.2 Å². The Hall–Kier alpha value is -3.60. The highest BCUT2D eigenvalue weighted by Gasteiger charge is 2.19. The second-order valence-corrected chi connectivity index (χ2v) is 7.76. The van der Waals surface area contributed by atoms with E-state index in [9.17, 15) is 5.11 Å². The van der Waals surface area contributed by atoms with Crippen LogP contribution >= 0.6 is 23.2 Å². The van der Waals surface area contributed by atoms with E-state index in [1.807, 2.05) is 13.0 Å². The maximum Gasteiger partial charge on any atom is 0.248 e. The molecule has 0 radical (unpaired) electrons. The van der Waals surface area contributed by atoms with Gasteiger partial charge in [0.1, 0.15) is 11.5 Å². The van der Waals surface area contributed by atoms with Gasteiger partial charge in [-0.3, -0.25) is 0 Å². The summed E-state index contributed by atoms with van der Waals surface area (Å²) < 4.78 is 26.5. The van der Waals surface area contributed by atoms with Gasteiger partial charge in [0.15, 0.2) is 11.6 Å². The van der Waals surface area contributed by atoms with E-state index in [-0.39, 0.29) is 56.6 Å². The van der Waals surface area contributed by atoms with Crippen molar-refractivity contribution in [3.63, 3.8) is 0 Å². The van der Waals surface area contributed by atoms with Crippen LogP contribution in [0.3, 0.4) is 0 Å². The highest BCUT2D eigenvalue weighted by molar-refractivity contribution is 6.32. The topological polar surface area (TPSA) is 92.2 Å². The molecule has 0 bridgehead atoms. The molecule has 0 fully saturated rings. The largest absolute Gasteiger partial charge is 0.508 e. The molecule has 6 nitrogen and oxygen atoms in total. The Morgan fingerprint density at radius 3 is 2.72 bits per heavy atom. The lowest BCUT2D eigenvalue weighted by molar-refractivity contribution is 0.437. The molecule has 1 N–H and O–H groups in total. The lowest BCUT2D eigenvalue weighted by Crippen LogP contribution is -1.98. The molecule has 3 aromatic carbocycles. The van der Waals surface area contributed by atoms with Gasteiger partial charge in [-0.15, -0.1) is 10.2 Å². The average Bonchev–Trinajstić information content (AvgIpc) is 3.23. The number of phenols is 1. The molecule has 0 unspecified atom stereocenters. The zero-order chi connectivity index (χ0) is 22.8. The van der Waals surface area contributed by atoms with Crippen LogP contribution in [0.1, 0.15) is 22.6 Å². The van der Waals surface area contributed by atoms with Crippen LogP contribution in [0.2, 0.25) is 10.0 Å². The number of aromatic nitrogens is 2. The predicted molar refractivity (Wildman–Crippen MR) is 117 cm³/mol. The van der Waals surface area contributed by atoms with E-state index in [4.69, 9.17) is 37.6 Å². The van der Waals surface area contributed by atoms with Crippen LogP contribution in [-0.2, 0) is 6.42 Å². The lowest BCUT2D eigenvalue weighted by atomic mass is 10.1. The number of aryl methyl sites for hydroxylation is 1. The molecule has 0 aliphatic rings. The van der Waals surface area contributed by atoms with Crippen molar-refractivity contribution in [3.05, 3.63) is 87.0 Å². The number of nitrogens with zero attached hydrogens (tertiary/aromatic N) is 3. The molecule has 0 aliphatic carbocycles. The number of benzene rings is 3.